The largest absolute Gasteiger partial charge is 0.493 e. The Bertz CT molecular complexity index is 3820. The number of carbonyl (C=O) groups excluding carboxylic acids is 6. The van der Waals surface area contributed by atoms with Crippen LogP contribution >= 0.6 is 0 Å². The predicted molar refractivity (Wildman–Crippen MR) is 464 cm³/mol. The maximum atomic E-state index is 13.0. The Morgan fingerprint density at radius 2 is 0.624 bits per heavy atom. The second-order valence-electron chi connectivity index (χ2n) is 35.2. The second kappa shape index (κ2) is 55.0. The van der Waals surface area contributed by atoms with E-state index in [0.717, 1.165) is 16.7 Å². The number of benzene rings is 3. The number of rotatable bonds is 57. The summed E-state index contributed by atoms with van der Waals surface area (Å²) in [5.41, 5.74) is 35.9. The van der Waals surface area contributed by atoms with Gasteiger partial charge in [-0.25, -0.2) is 0 Å². The Balaban J connectivity index is 0.000000968. The lowest BCUT2D eigenvalue weighted by Crippen LogP contribution is -2.46. The Hall–Kier alpha value is -7.08. The first kappa shape index (κ1) is 87.7. The zero-order chi connectivity index (χ0) is 99.3. The summed E-state index contributed by atoms with van der Waals surface area (Å²) in [6.45, 7) is 35.4. The summed E-state index contributed by atoms with van der Waals surface area (Å²) in [4.78, 5) is 73.8. The van der Waals surface area contributed by atoms with Crippen LogP contribution in [-0.4, -0.2) is 189 Å². The highest BCUT2D eigenvalue weighted by Gasteiger charge is 2.37. The minimum atomic E-state index is -2.70. The average Bonchev–Trinajstić information content (AvgIpc) is 0.845. The molecule has 0 aliphatic heterocycles. The second-order valence-corrected chi connectivity index (χ2v) is 35.2. The van der Waals surface area contributed by atoms with Crippen molar-refractivity contribution in [2.24, 2.45) is 122 Å². The lowest BCUT2D eigenvalue weighted by atomic mass is 9.80. The van der Waals surface area contributed by atoms with Gasteiger partial charge >= 0.3 is 0 Å². The zero-order valence-electron chi connectivity index (χ0n) is 85.9. The van der Waals surface area contributed by atoms with Gasteiger partial charge < -0.3 is 108 Å². The van der Waals surface area contributed by atoms with Crippen molar-refractivity contribution in [3.05, 3.63) is 71.3 Å². The molecular formula is C90H159N9O18. The quantitative estimate of drug-likeness (QED) is 0.0234. The Morgan fingerprint density at radius 3 is 0.838 bits per heavy atom. The number of methoxy groups -OCH3 is 6. The molecule has 3 rings (SSSR count). The molecule has 3 aromatic carbocycles. The molecule has 27 heteroatoms. The van der Waals surface area contributed by atoms with E-state index in [4.69, 9.17) is 93.5 Å². The van der Waals surface area contributed by atoms with E-state index < -0.39 is 116 Å². The van der Waals surface area contributed by atoms with Crippen molar-refractivity contribution in [3.8, 4) is 34.5 Å². The van der Waals surface area contributed by atoms with E-state index in [9.17, 15) is 44.1 Å². The minimum Gasteiger partial charge on any atom is -0.493 e. The summed E-state index contributed by atoms with van der Waals surface area (Å²) in [7, 11) is -7.10. The number of hydrogen-bond acceptors (Lipinski definition) is 21. The molecular weight excluding hydrogens is 1500 g/mol. The number of nitrogens with two attached hydrogens (primary N) is 6. The van der Waals surface area contributed by atoms with Gasteiger partial charge in [0.2, 0.25) is 35.4 Å². The SMILES string of the molecule is [2H]C([2H])([2H])OCCCOc1cc(C[C@@H](C[C@H](N)[C@@H](O)C[C@H](C(=O)NCC(C)(C)C(N)=O)C(C)C)C(C)C)ccc1OC.[2H]C([2H])([2H])OCCCOc1cc(C[C@@H](C[C@H](N)[C@@H](O)C[C@H](C(=O)NCC(C)(C)C(N)=O)C(C)C)C(C)C)ccc1OC([2H])([2H])[2H].[2H]C([2H])([2H])Oc1ccc(C[C@@H](C[C@H](N)[C@@H](O)C[C@H](C(=O)NCC(C)(C)C(N)=O)C(C)C)C(C)C)cc1OCCCOC. The van der Waals surface area contributed by atoms with Gasteiger partial charge in [-0.2, -0.15) is 0 Å². The molecule has 0 aliphatic carbocycles. The summed E-state index contributed by atoms with van der Waals surface area (Å²) in [5, 5.41) is 41.6. The van der Waals surface area contributed by atoms with Crippen molar-refractivity contribution < 1.29 is 103 Å². The Labute approximate surface area is 719 Å². The van der Waals surface area contributed by atoms with E-state index >= 15 is 0 Å². The average molecular weight is 1670 g/mol. The van der Waals surface area contributed by atoms with Crippen molar-refractivity contribution in [1.82, 2.24) is 16.0 Å². The zero-order valence-corrected chi connectivity index (χ0v) is 73.9. The first-order valence-corrected chi connectivity index (χ1v) is 41.3. The number of aliphatic hydroxyl groups is 3. The van der Waals surface area contributed by atoms with Gasteiger partial charge in [0.15, 0.2) is 34.5 Å². The highest BCUT2D eigenvalue weighted by Crippen LogP contribution is 2.37. The number of hydrogen-bond donors (Lipinski definition) is 12. The van der Waals surface area contributed by atoms with Crippen molar-refractivity contribution in [3.63, 3.8) is 0 Å². The van der Waals surface area contributed by atoms with Gasteiger partial charge in [-0.05, 0) is 206 Å². The van der Waals surface area contributed by atoms with Crippen molar-refractivity contribution in [2.45, 2.75) is 238 Å². The highest BCUT2D eigenvalue weighted by atomic mass is 16.5. The first-order valence-electron chi connectivity index (χ1n) is 47.3. The minimum absolute atomic E-state index is 0.0206. The first-order chi connectivity index (χ1) is 59.3. The number of nitrogens with one attached hydrogen (secondary N) is 3. The fourth-order valence-corrected chi connectivity index (χ4v) is 12.9. The maximum absolute atomic E-state index is 13.0. The molecule has 0 unspecified atom stereocenters. The van der Waals surface area contributed by atoms with E-state index in [-0.39, 0.29) is 160 Å². The molecule has 18 N–H and O–H groups in total. The van der Waals surface area contributed by atoms with Crippen LogP contribution < -0.4 is 78.8 Å². The normalized spacial score (nSPS) is 17.0. The number of amides is 6. The number of aliphatic hydroxyl groups excluding tert-OH is 3. The smallest absolute Gasteiger partial charge is 0.224 e. The van der Waals surface area contributed by atoms with E-state index in [2.05, 4.69) is 43.6 Å². The molecule has 0 heterocycles. The highest BCUT2D eigenvalue weighted by molar-refractivity contribution is 5.84. The molecule has 0 aliphatic rings. The van der Waals surface area contributed by atoms with E-state index in [0.29, 0.717) is 81.8 Å². The lowest BCUT2D eigenvalue weighted by molar-refractivity contribution is -0.131. The monoisotopic (exact) mass is 1670 g/mol. The third kappa shape index (κ3) is 40.2. The molecule has 0 saturated heterocycles. The fourth-order valence-electron chi connectivity index (χ4n) is 12.9. The third-order valence-electron chi connectivity index (χ3n) is 22.1. The molecule has 0 bridgehead atoms. The lowest BCUT2D eigenvalue weighted by Gasteiger charge is -2.30. The molecule has 0 aromatic heterocycles. The molecule has 3 aromatic rings. The topological polar surface area (TPSA) is 438 Å². The molecule has 0 spiro atoms. The summed E-state index contributed by atoms with van der Waals surface area (Å²) in [5.74, 6) is -1.18. The Kier molecular flexibility index (Phi) is 41.2. The molecule has 12 atom stereocenters. The van der Waals surface area contributed by atoms with E-state index in [1.165, 1.54) is 6.07 Å². The van der Waals surface area contributed by atoms with E-state index in [1.54, 1.807) is 80.0 Å². The Morgan fingerprint density at radius 1 is 0.368 bits per heavy atom. The molecule has 0 fully saturated rings. The predicted octanol–water partition coefficient (Wildman–Crippen LogP) is 9.88. The number of ether oxygens (including phenoxy) is 9. The number of primary amides is 3. The summed E-state index contributed by atoms with van der Waals surface area (Å²) < 4.78 is 135. The van der Waals surface area contributed by atoms with E-state index in [1.807, 2.05) is 79.7 Å². The molecule has 0 saturated carbocycles. The third-order valence-corrected chi connectivity index (χ3v) is 22.1. The van der Waals surface area contributed by atoms with Crippen LogP contribution in [0.25, 0.3) is 0 Å². The van der Waals surface area contributed by atoms with Crippen LogP contribution in [0.4, 0.5) is 0 Å². The molecule has 6 amide bonds. The molecule has 27 nitrogen and oxygen atoms in total. The summed E-state index contributed by atoms with van der Waals surface area (Å²) >= 11 is 0. The fraction of sp³-hybridized carbons (Fsp3) is 0.733. The molecule has 0 radical (unpaired) electrons. The number of carbonyl (C=O) groups is 6. The summed E-state index contributed by atoms with van der Waals surface area (Å²) in [6, 6.07) is 14.1. The standard InChI is InChI=1S/3C30H53N3O6/c3*1-19(2)22(14-21-10-11-26(38-8)27(15-21)39-13-9-12-37-7)16-24(31)25(34)17-23(20(3)4)28(35)33-18-30(5,6)29(32)36/h3*10-11,15,19-20,22-25,34H,9,12-14,16-18,31H2,1-8H3,(H2,32,36)(H,33,35)/t3*22-,23-,24-,25-/m000/s1/i7D3,8D3;8D3;7D3. The van der Waals surface area contributed by atoms with Gasteiger partial charge in [-0.3, -0.25) is 28.8 Å². The van der Waals surface area contributed by atoms with Crippen molar-refractivity contribution in [2.75, 3.05) is 102 Å². The van der Waals surface area contributed by atoms with Crippen molar-refractivity contribution >= 4 is 35.4 Å². The van der Waals surface area contributed by atoms with Crippen LogP contribution in [0.5, 0.6) is 34.5 Å². The van der Waals surface area contributed by atoms with Crippen LogP contribution in [0.3, 0.4) is 0 Å². The van der Waals surface area contributed by atoms with Crippen LogP contribution in [-0.2, 0) is 62.2 Å². The van der Waals surface area contributed by atoms with Crippen LogP contribution in [0, 0.1) is 87.3 Å². The van der Waals surface area contributed by atoms with Crippen LogP contribution in [0.2, 0.25) is 0 Å². The van der Waals surface area contributed by atoms with Gasteiger partial charge in [0.25, 0.3) is 0 Å². The van der Waals surface area contributed by atoms with Gasteiger partial charge in [-0.15, -0.1) is 0 Å². The summed E-state index contributed by atoms with van der Waals surface area (Å²) in [6.07, 6.45) is 2.46. The van der Waals surface area contributed by atoms with Crippen LogP contribution in [0.15, 0.2) is 54.6 Å². The maximum Gasteiger partial charge on any atom is 0.224 e. The molecule has 117 heavy (non-hydrogen) atoms. The van der Waals surface area contributed by atoms with Crippen LogP contribution in [0.1, 0.15) is 216 Å². The van der Waals surface area contributed by atoms with Gasteiger partial charge in [0.05, 0.1) is 92.0 Å². The van der Waals surface area contributed by atoms with Crippen molar-refractivity contribution in [1.29, 1.82) is 0 Å². The van der Waals surface area contributed by atoms with Gasteiger partial charge in [-0.1, -0.05) is 101 Å². The van der Waals surface area contributed by atoms with Gasteiger partial charge in [0, 0.05) is 116 Å². The van der Waals surface area contributed by atoms with Gasteiger partial charge in [0.1, 0.15) is 0 Å². The molecule has 672 valence electrons.